The molecule has 1 atom stereocenters. The summed E-state index contributed by atoms with van der Waals surface area (Å²) >= 11 is 0. The van der Waals surface area contributed by atoms with E-state index in [9.17, 15) is 14.9 Å². The number of nitrogens with zero attached hydrogens (tertiary/aromatic N) is 3. The number of aromatic nitrogens is 2. The number of nitro benzene ring substituents is 1. The lowest BCUT2D eigenvalue weighted by atomic mass is 9.97. The molecule has 1 aliphatic rings. The van der Waals surface area contributed by atoms with E-state index < -0.39 is 4.92 Å². The summed E-state index contributed by atoms with van der Waals surface area (Å²) < 4.78 is 7.17. The van der Waals surface area contributed by atoms with Crippen LogP contribution in [0, 0.1) is 16.0 Å². The van der Waals surface area contributed by atoms with E-state index in [0.717, 1.165) is 18.8 Å². The highest BCUT2D eigenvalue weighted by Gasteiger charge is 2.26. The Hall–Kier alpha value is -2.90. The molecule has 1 aromatic carbocycles. The zero-order valence-corrected chi connectivity index (χ0v) is 12.6. The number of ether oxygens (including phenoxy) is 1. The Bertz CT molecular complexity index is 756. The normalized spacial score (nSPS) is 16.5. The van der Waals surface area contributed by atoms with Gasteiger partial charge in [-0.25, -0.2) is 4.98 Å². The Balaban J connectivity index is 1.74. The smallest absolute Gasteiger partial charge is 0.273 e. The lowest BCUT2D eigenvalue weighted by Crippen LogP contribution is -2.30. The predicted octanol–water partition coefficient (Wildman–Crippen LogP) is 2.00. The van der Waals surface area contributed by atoms with Crippen molar-refractivity contribution in [1.29, 1.82) is 0 Å². The molecular weight excluding hydrogens is 300 g/mol. The molecule has 1 aromatic heterocycles. The van der Waals surface area contributed by atoms with E-state index in [0.29, 0.717) is 12.1 Å². The summed E-state index contributed by atoms with van der Waals surface area (Å²) in [5.41, 5.74) is 0.344. The SMILES string of the molecule is COc1cc([N+](=O)[O-])ccc1NC(=O)C1CCn2ccnc2C1. The highest BCUT2D eigenvalue weighted by Crippen LogP contribution is 2.30. The van der Waals surface area contributed by atoms with E-state index in [-0.39, 0.29) is 23.3 Å². The van der Waals surface area contributed by atoms with Crippen molar-refractivity contribution in [3.8, 4) is 5.75 Å². The van der Waals surface area contributed by atoms with Crippen LogP contribution in [0.2, 0.25) is 0 Å². The second kappa shape index (κ2) is 6.07. The molecule has 0 saturated heterocycles. The number of carbonyl (C=O) groups excluding carboxylic acids is 1. The van der Waals surface area contributed by atoms with Crippen molar-refractivity contribution >= 4 is 17.3 Å². The number of hydrogen-bond acceptors (Lipinski definition) is 5. The van der Waals surface area contributed by atoms with Gasteiger partial charge in [0.15, 0.2) is 0 Å². The molecule has 0 spiro atoms. The molecule has 8 nitrogen and oxygen atoms in total. The van der Waals surface area contributed by atoms with Gasteiger partial charge in [0.2, 0.25) is 5.91 Å². The van der Waals surface area contributed by atoms with Crippen LogP contribution < -0.4 is 10.1 Å². The number of benzene rings is 1. The molecular formula is C15H16N4O4. The maximum atomic E-state index is 12.4. The largest absolute Gasteiger partial charge is 0.494 e. The molecule has 8 heteroatoms. The van der Waals surface area contributed by atoms with E-state index in [1.807, 2.05) is 10.8 Å². The predicted molar refractivity (Wildman–Crippen MR) is 82.3 cm³/mol. The second-order valence-corrected chi connectivity index (χ2v) is 5.36. The zero-order chi connectivity index (χ0) is 16.4. The highest BCUT2D eigenvalue weighted by atomic mass is 16.6. The van der Waals surface area contributed by atoms with Gasteiger partial charge in [0.25, 0.3) is 5.69 Å². The molecule has 1 aliphatic heterocycles. The number of anilines is 1. The molecule has 0 radical (unpaired) electrons. The lowest BCUT2D eigenvalue weighted by Gasteiger charge is -2.23. The minimum atomic E-state index is -0.505. The Labute approximate surface area is 132 Å². The van der Waals surface area contributed by atoms with Gasteiger partial charge in [-0.2, -0.15) is 0 Å². The highest BCUT2D eigenvalue weighted by molar-refractivity contribution is 5.94. The fourth-order valence-corrected chi connectivity index (χ4v) is 2.71. The summed E-state index contributed by atoms with van der Waals surface area (Å²) in [5.74, 6) is 0.855. The molecule has 3 rings (SSSR count). The van der Waals surface area contributed by atoms with Gasteiger partial charge >= 0.3 is 0 Å². The van der Waals surface area contributed by atoms with Crippen LogP contribution >= 0.6 is 0 Å². The molecule has 1 amide bonds. The number of carbonyl (C=O) groups is 1. The molecule has 0 fully saturated rings. The first-order valence-corrected chi connectivity index (χ1v) is 7.22. The molecule has 1 unspecified atom stereocenters. The van der Waals surface area contributed by atoms with Crippen LogP contribution in [-0.4, -0.2) is 27.5 Å². The average molecular weight is 316 g/mol. The first kappa shape index (κ1) is 15.0. The monoisotopic (exact) mass is 316 g/mol. The second-order valence-electron chi connectivity index (χ2n) is 5.36. The number of methoxy groups -OCH3 is 1. The quantitative estimate of drug-likeness (QED) is 0.687. The van der Waals surface area contributed by atoms with Gasteiger partial charge in [0, 0.05) is 37.3 Å². The number of hydrogen-bond donors (Lipinski definition) is 1. The summed E-state index contributed by atoms with van der Waals surface area (Å²) in [5, 5.41) is 13.6. The van der Waals surface area contributed by atoms with Crippen LogP contribution in [-0.2, 0) is 17.8 Å². The topological polar surface area (TPSA) is 99.3 Å². The van der Waals surface area contributed by atoms with E-state index in [1.54, 1.807) is 6.20 Å². The third-order valence-electron chi connectivity index (χ3n) is 3.97. The van der Waals surface area contributed by atoms with Crippen molar-refractivity contribution in [3.63, 3.8) is 0 Å². The van der Waals surface area contributed by atoms with Crippen LogP contribution in [0.4, 0.5) is 11.4 Å². The maximum absolute atomic E-state index is 12.4. The van der Waals surface area contributed by atoms with Crippen LogP contribution in [0.5, 0.6) is 5.75 Å². The first-order chi connectivity index (χ1) is 11.1. The van der Waals surface area contributed by atoms with Crippen molar-refractivity contribution in [2.75, 3.05) is 12.4 Å². The zero-order valence-electron chi connectivity index (χ0n) is 12.6. The van der Waals surface area contributed by atoms with Crippen molar-refractivity contribution in [3.05, 3.63) is 46.5 Å². The third-order valence-corrected chi connectivity index (χ3v) is 3.97. The molecule has 0 saturated carbocycles. The lowest BCUT2D eigenvalue weighted by molar-refractivity contribution is -0.384. The minimum Gasteiger partial charge on any atom is -0.494 e. The van der Waals surface area contributed by atoms with Gasteiger partial charge in [-0.15, -0.1) is 0 Å². The maximum Gasteiger partial charge on any atom is 0.273 e. The van der Waals surface area contributed by atoms with Gasteiger partial charge in [0.1, 0.15) is 11.6 Å². The summed E-state index contributed by atoms with van der Waals surface area (Å²) in [6, 6.07) is 4.12. The number of nitrogens with one attached hydrogen (secondary N) is 1. The minimum absolute atomic E-state index is 0.0838. The number of nitro groups is 1. The Morgan fingerprint density at radius 2 is 2.35 bits per heavy atom. The first-order valence-electron chi connectivity index (χ1n) is 7.22. The third kappa shape index (κ3) is 3.01. The molecule has 0 bridgehead atoms. The van der Waals surface area contributed by atoms with Crippen molar-refractivity contribution in [2.24, 2.45) is 5.92 Å². The summed E-state index contributed by atoms with van der Waals surface area (Å²) in [4.78, 5) is 27.0. The Morgan fingerprint density at radius 1 is 1.52 bits per heavy atom. The summed E-state index contributed by atoms with van der Waals surface area (Å²) in [6.07, 6.45) is 4.94. The van der Waals surface area contributed by atoms with Crippen LogP contribution in [0.25, 0.3) is 0 Å². The average Bonchev–Trinajstić information content (AvgIpc) is 3.02. The van der Waals surface area contributed by atoms with E-state index in [4.69, 9.17) is 4.74 Å². The van der Waals surface area contributed by atoms with Crippen LogP contribution in [0.15, 0.2) is 30.6 Å². The van der Waals surface area contributed by atoms with Crippen molar-refractivity contribution in [1.82, 2.24) is 9.55 Å². The Morgan fingerprint density at radius 3 is 3.09 bits per heavy atom. The number of amides is 1. The Kier molecular flexibility index (Phi) is 3.96. The summed E-state index contributed by atoms with van der Waals surface area (Å²) in [7, 11) is 1.41. The standard InChI is InChI=1S/C15H16N4O4/c1-23-13-9-11(19(21)22)2-3-12(13)17-15(20)10-4-6-18-7-5-16-14(18)8-10/h2-3,5,7,9-10H,4,6,8H2,1H3,(H,17,20). The number of rotatable bonds is 4. The molecule has 2 aromatic rings. The molecule has 120 valence electrons. The molecule has 23 heavy (non-hydrogen) atoms. The fourth-order valence-electron chi connectivity index (χ4n) is 2.71. The number of fused-ring (bicyclic) bond motifs is 1. The van der Waals surface area contributed by atoms with E-state index in [1.165, 1.54) is 25.3 Å². The van der Waals surface area contributed by atoms with E-state index in [2.05, 4.69) is 10.3 Å². The van der Waals surface area contributed by atoms with Gasteiger partial charge < -0.3 is 14.6 Å². The number of non-ortho nitro benzene ring substituents is 1. The van der Waals surface area contributed by atoms with Crippen molar-refractivity contribution in [2.45, 2.75) is 19.4 Å². The van der Waals surface area contributed by atoms with E-state index >= 15 is 0 Å². The molecule has 1 N–H and O–H groups in total. The van der Waals surface area contributed by atoms with Crippen molar-refractivity contribution < 1.29 is 14.5 Å². The molecule has 0 aliphatic carbocycles. The molecule has 2 heterocycles. The van der Waals surface area contributed by atoms with Gasteiger partial charge in [-0.05, 0) is 12.5 Å². The van der Waals surface area contributed by atoms with Gasteiger partial charge in [-0.1, -0.05) is 0 Å². The fraction of sp³-hybridized carbons (Fsp3) is 0.333. The number of imidazole rings is 1. The summed E-state index contributed by atoms with van der Waals surface area (Å²) in [6.45, 7) is 0.755. The number of aryl methyl sites for hydroxylation is 1. The van der Waals surface area contributed by atoms with Crippen LogP contribution in [0.3, 0.4) is 0 Å². The van der Waals surface area contributed by atoms with Gasteiger partial charge in [0.05, 0.1) is 23.8 Å². The van der Waals surface area contributed by atoms with Crippen LogP contribution in [0.1, 0.15) is 12.2 Å². The van der Waals surface area contributed by atoms with Gasteiger partial charge in [-0.3, -0.25) is 14.9 Å².